The van der Waals surface area contributed by atoms with Crippen molar-refractivity contribution in [3.8, 4) is 22.8 Å². The lowest BCUT2D eigenvalue weighted by molar-refractivity contribution is 0.450. The minimum Gasteiger partial charge on any atom is -0.438 e. The maximum atomic E-state index is 13.0. The number of hydrogen-bond acceptors (Lipinski definition) is 4. The molecule has 0 atom stereocenters. The summed E-state index contributed by atoms with van der Waals surface area (Å²) in [6.45, 7) is 0. The molecular formula is C19H10Cl2FN3O2. The zero-order valence-corrected chi connectivity index (χ0v) is 15.1. The second-order valence-electron chi connectivity index (χ2n) is 5.58. The van der Waals surface area contributed by atoms with E-state index in [-0.39, 0.29) is 17.3 Å². The van der Waals surface area contributed by atoms with Gasteiger partial charge in [0.2, 0.25) is 5.88 Å². The van der Waals surface area contributed by atoms with Crippen molar-refractivity contribution < 1.29 is 9.13 Å². The van der Waals surface area contributed by atoms with Gasteiger partial charge in [-0.2, -0.15) is 4.98 Å². The number of halogens is 3. The summed E-state index contributed by atoms with van der Waals surface area (Å²) in [7, 11) is 0. The Kier molecular flexibility index (Phi) is 4.51. The van der Waals surface area contributed by atoms with Crippen LogP contribution in [-0.4, -0.2) is 14.6 Å². The van der Waals surface area contributed by atoms with Crippen LogP contribution in [0, 0.1) is 5.82 Å². The summed E-state index contributed by atoms with van der Waals surface area (Å²) in [5.41, 5.74) is 0.634. The maximum Gasteiger partial charge on any atom is 0.281 e. The van der Waals surface area contributed by atoms with Gasteiger partial charge < -0.3 is 4.74 Å². The van der Waals surface area contributed by atoms with Crippen molar-refractivity contribution in [2.45, 2.75) is 0 Å². The van der Waals surface area contributed by atoms with Crippen LogP contribution in [0.5, 0.6) is 11.6 Å². The Bertz CT molecular complexity index is 1190. The topological polar surface area (TPSA) is 56.5 Å². The molecule has 4 rings (SSSR count). The van der Waals surface area contributed by atoms with Gasteiger partial charge in [0, 0.05) is 11.6 Å². The van der Waals surface area contributed by atoms with Crippen LogP contribution in [0.4, 0.5) is 4.39 Å². The molecule has 134 valence electrons. The van der Waals surface area contributed by atoms with Crippen molar-refractivity contribution in [2.75, 3.05) is 0 Å². The fourth-order valence-corrected chi connectivity index (χ4v) is 3.22. The Morgan fingerprint density at radius 1 is 0.926 bits per heavy atom. The number of benzene rings is 2. The van der Waals surface area contributed by atoms with E-state index in [2.05, 4.69) is 10.1 Å². The number of aromatic nitrogens is 3. The molecule has 2 aromatic carbocycles. The van der Waals surface area contributed by atoms with Crippen LogP contribution < -0.4 is 10.3 Å². The summed E-state index contributed by atoms with van der Waals surface area (Å²) >= 11 is 12.5. The highest BCUT2D eigenvalue weighted by Crippen LogP contribution is 2.34. The van der Waals surface area contributed by atoms with Crippen molar-refractivity contribution in [3.05, 3.63) is 87.1 Å². The smallest absolute Gasteiger partial charge is 0.281 e. The van der Waals surface area contributed by atoms with E-state index in [1.54, 1.807) is 30.3 Å². The molecule has 8 heteroatoms. The van der Waals surface area contributed by atoms with Crippen LogP contribution in [-0.2, 0) is 0 Å². The van der Waals surface area contributed by atoms with E-state index in [1.165, 1.54) is 35.1 Å². The minimum absolute atomic E-state index is 0.244. The minimum atomic E-state index is -0.473. The summed E-state index contributed by atoms with van der Waals surface area (Å²) in [6.07, 6.45) is 1.28. The van der Waals surface area contributed by atoms with Crippen molar-refractivity contribution in [3.63, 3.8) is 0 Å². The quantitative estimate of drug-likeness (QED) is 0.484. The first kappa shape index (κ1) is 17.5. The van der Waals surface area contributed by atoms with Gasteiger partial charge in [0.15, 0.2) is 0 Å². The third-order valence-electron chi connectivity index (χ3n) is 3.84. The Hall–Kier alpha value is -2.96. The molecule has 0 fully saturated rings. The number of nitrogens with zero attached hydrogens (tertiary/aromatic N) is 3. The van der Waals surface area contributed by atoms with Crippen molar-refractivity contribution in [1.29, 1.82) is 0 Å². The van der Waals surface area contributed by atoms with Crippen molar-refractivity contribution >= 4 is 28.7 Å². The van der Waals surface area contributed by atoms with Gasteiger partial charge in [0.05, 0.1) is 21.1 Å². The van der Waals surface area contributed by atoms with Gasteiger partial charge in [-0.25, -0.2) is 8.91 Å². The number of rotatable bonds is 3. The molecular weight excluding hydrogens is 392 g/mol. The van der Waals surface area contributed by atoms with Crippen LogP contribution in [0.15, 0.2) is 65.7 Å². The van der Waals surface area contributed by atoms with Gasteiger partial charge in [-0.15, -0.1) is 5.10 Å². The van der Waals surface area contributed by atoms with Crippen LogP contribution in [0.3, 0.4) is 0 Å². The third-order valence-corrected chi connectivity index (χ3v) is 4.47. The van der Waals surface area contributed by atoms with E-state index in [9.17, 15) is 9.18 Å². The van der Waals surface area contributed by atoms with E-state index in [0.29, 0.717) is 26.9 Å². The van der Waals surface area contributed by atoms with E-state index >= 15 is 0 Å². The predicted molar refractivity (Wildman–Crippen MR) is 101 cm³/mol. The largest absolute Gasteiger partial charge is 0.438 e. The zero-order valence-electron chi connectivity index (χ0n) is 13.6. The van der Waals surface area contributed by atoms with Gasteiger partial charge >= 0.3 is 0 Å². The normalized spacial score (nSPS) is 10.9. The van der Waals surface area contributed by atoms with E-state index < -0.39 is 5.56 Å². The Balaban J connectivity index is 1.84. The fraction of sp³-hybridized carbons (Fsp3) is 0. The molecule has 0 saturated heterocycles. The molecule has 4 aromatic rings. The van der Waals surface area contributed by atoms with Crippen LogP contribution in [0.2, 0.25) is 10.0 Å². The van der Waals surface area contributed by atoms with Crippen molar-refractivity contribution in [2.24, 2.45) is 0 Å². The average molecular weight is 402 g/mol. The Labute approximate surface area is 162 Å². The van der Waals surface area contributed by atoms with Gasteiger partial charge in [-0.3, -0.25) is 4.79 Å². The van der Waals surface area contributed by atoms with Gasteiger partial charge in [0.25, 0.3) is 5.56 Å². The molecule has 5 nitrogen and oxygen atoms in total. The van der Waals surface area contributed by atoms with Gasteiger partial charge in [0.1, 0.15) is 17.9 Å². The number of hydrogen-bond donors (Lipinski definition) is 0. The number of ether oxygens (including phenoxy) is 1. The molecule has 0 unspecified atom stereocenters. The molecule has 0 amide bonds. The molecule has 0 saturated carbocycles. The Morgan fingerprint density at radius 3 is 2.33 bits per heavy atom. The summed E-state index contributed by atoms with van der Waals surface area (Å²) in [4.78, 5) is 16.3. The summed E-state index contributed by atoms with van der Waals surface area (Å²) in [5, 5.41) is 4.96. The number of fused-ring (bicyclic) bond motifs is 1. The Morgan fingerprint density at radius 2 is 1.63 bits per heavy atom. The lowest BCUT2D eigenvalue weighted by atomic mass is 10.1. The first-order valence-corrected chi connectivity index (χ1v) is 8.55. The highest BCUT2D eigenvalue weighted by molar-refractivity contribution is 6.39. The second-order valence-corrected chi connectivity index (χ2v) is 6.39. The summed E-state index contributed by atoms with van der Waals surface area (Å²) in [6, 6.07) is 13.8. The first-order valence-electron chi connectivity index (χ1n) is 7.79. The van der Waals surface area contributed by atoms with Crippen molar-refractivity contribution in [1.82, 2.24) is 14.6 Å². The molecule has 0 N–H and O–H groups in total. The third kappa shape index (κ3) is 3.37. The molecule has 0 spiro atoms. The molecule has 0 bridgehead atoms. The molecule has 27 heavy (non-hydrogen) atoms. The maximum absolute atomic E-state index is 13.0. The molecule has 0 aliphatic heterocycles. The molecule has 0 radical (unpaired) electrons. The standard InChI is InChI=1S/C19H10Cl2FN3O2/c20-13-2-1-3-14(21)17(13)18-15-8-9-16(24-25(15)10-23-19(18)26)27-12-6-4-11(22)5-7-12/h1-10H. The molecule has 2 heterocycles. The second kappa shape index (κ2) is 6.98. The summed E-state index contributed by atoms with van der Waals surface area (Å²) in [5.74, 6) is 0.305. The lowest BCUT2D eigenvalue weighted by Gasteiger charge is -2.11. The highest BCUT2D eigenvalue weighted by atomic mass is 35.5. The molecule has 0 aliphatic carbocycles. The van der Waals surface area contributed by atoms with E-state index in [0.717, 1.165) is 0 Å². The first-order chi connectivity index (χ1) is 13.0. The van der Waals surface area contributed by atoms with Crippen LogP contribution in [0.25, 0.3) is 16.6 Å². The molecule has 2 aromatic heterocycles. The average Bonchev–Trinajstić information content (AvgIpc) is 2.65. The van der Waals surface area contributed by atoms with E-state index in [1.807, 2.05) is 0 Å². The monoisotopic (exact) mass is 401 g/mol. The summed E-state index contributed by atoms with van der Waals surface area (Å²) < 4.78 is 20.0. The van der Waals surface area contributed by atoms with Gasteiger partial charge in [-0.1, -0.05) is 29.3 Å². The van der Waals surface area contributed by atoms with E-state index in [4.69, 9.17) is 27.9 Å². The SMILES string of the molecule is O=c1ncn2nc(Oc3ccc(F)cc3)ccc2c1-c1c(Cl)cccc1Cl. The predicted octanol–water partition coefficient (Wildman–Crippen LogP) is 4.99. The van der Waals surface area contributed by atoms with Crippen LogP contribution >= 0.6 is 23.2 Å². The lowest BCUT2D eigenvalue weighted by Crippen LogP contribution is -2.14. The van der Waals surface area contributed by atoms with Gasteiger partial charge in [-0.05, 0) is 42.5 Å². The van der Waals surface area contributed by atoms with Crippen LogP contribution in [0.1, 0.15) is 0 Å². The molecule has 0 aliphatic rings. The fourth-order valence-electron chi connectivity index (χ4n) is 2.64. The highest BCUT2D eigenvalue weighted by Gasteiger charge is 2.17. The zero-order chi connectivity index (χ0) is 19.0.